The van der Waals surface area contributed by atoms with Gasteiger partial charge in [0.25, 0.3) is 0 Å². The minimum atomic E-state index is 0. The summed E-state index contributed by atoms with van der Waals surface area (Å²) in [5.41, 5.74) is 16.6. The summed E-state index contributed by atoms with van der Waals surface area (Å²) in [4.78, 5) is 0. The highest BCUT2D eigenvalue weighted by Crippen LogP contribution is 2.53. The zero-order valence-electron chi connectivity index (χ0n) is 32.7. The second-order valence-electron chi connectivity index (χ2n) is 15.6. The number of benzene rings is 7. The van der Waals surface area contributed by atoms with Gasteiger partial charge < -0.3 is 0 Å². The van der Waals surface area contributed by atoms with Gasteiger partial charge in [0.2, 0.25) is 0 Å². The SMILES string of the molecule is C.C/C=C\C1=C(CCC)C2CCC(C2)C(/C(=C\C)c2ccccc2-c2c3ccccc3c(-c3cccc(-c4cccc5ccccc45)c3)c3ccccc23)=C1C. The highest BCUT2D eigenvalue weighted by Gasteiger charge is 2.36. The maximum absolute atomic E-state index is 2.42. The molecule has 0 heteroatoms. The third-order valence-electron chi connectivity index (χ3n) is 12.6. The second-order valence-corrected chi connectivity index (χ2v) is 15.6. The quantitative estimate of drug-likeness (QED) is 0.137. The average Bonchev–Trinajstić information content (AvgIpc) is 3.68. The summed E-state index contributed by atoms with van der Waals surface area (Å²) in [6, 6.07) is 52.0. The molecule has 1 fully saturated rings. The van der Waals surface area contributed by atoms with E-state index in [9.17, 15) is 0 Å². The molecule has 0 saturated heterocycles. The molecule has 9 rings (SSSR count). The van der Waals surface area contributed by atoms with Gasteiger partial charge in [-0.3, -0.25) is 0 Å². The van der Waals surface area contributed by atoms with Gasteiger partial charge in [-0.25, -0.2) is 0 Å². The van der Waals surface area contributed by atoms with Gasteiger partial charge in [-0.1, -0.05) is 178 Å². The van der Waals surface area contributed by atoms with Crippen LogP contribution < -0.4 is 0 Å². The average molecular weight is 727 g/mol. The molecule has 0 spiro atoms. The van der Waals surface area contributed by atoms with Crippen molar-refractivity contribution < 1.29 is 0 Å². The van der Waals surface area contributed by atoms with Crippen LogP contribution in [0.25, 0.3) is 71.3 Å². The first-order valence-corrected chi connectivity index (χ1v) is 20.5. The molecule has 0 aromatic heterocycles. The Morgan fingerprint density at radius 2 is 1.18 bits per heavy atom. The van der Waals surface area contributed by atoms with E-state index in [1.54, 1.807) is 11.1 Å². The summed E-state index contributed by atoms with van der Waals surface area (Å²) in [6.07, 6.45) is 13.3. The molecule has 0 heterocycles. The normalized spacial score (nSPS) is 17.3. The highest BCUT2D eigenvalue weighted by molar-refractivity contribution is 6.22. The smallest absolute Gasteiger partial charge is 0.00201 e. The van der Waals surface area contributed by atoms with Gasteiger partial charge in [0, 0.05) is 0 Å². The van der Waals surface area contributed by atoms with Crippen molar-refractivity contribution >= 4 is 37.9 Å². The van der Waals surface area contributed by atoms with Crippen molar-refractivity contribution in [3.8, 4) is 33.4 Å². The summed E-state index contributed by atoms with van der Waals surface area (Å²) in [5.74, 6) is 1.26. The molecule has 0 radical (unpaired) electrons. The van der Waals surface area contributed by atoms with Crippen molar-refractivity contribution in [2.24, 2.45) is 11.8 Å². The van der Waals surface area contributed by atoms with Crippen LogP contribution in [-0.2, 0) is 0 Å². The van der Waals surface area contributed by atoms with Gasteiger partial charge in [-0.05, 0) is 158 Å². The molecule has 278 valence electrons. The Labute approximate surface area is 334 Å². The van der Waals surface area contributed by atoms with Gasteiger partial charge in [0.05, 0.1) is 0 Å². The van der Waals surface area contributed by atoms with E-state index < -0.39 is 0 Å². The van der Waals surface area contributed by atoms with Crippen molar-refractivity contribution in [3.05, 3.63) is 186 Å². The highest BCUT2D eigenvalue weighted by atomic mass is 14.4. The van der Waals surface area contributed by atoms with Gasteiger partial charge in [-0.2, -0.15) is 0 Å². The largest absolute Gasteiger partial charge is 0.0871 e. The monoisotopic (exact) mass is 726 g/mol. The summed E-state index contributed by atoms with van der Waals surface area (Å²) >= 11 is 0. The fourth-order valence-corrected chi connectivity index (χ4v) is 10.3. The van der Waals surface area contributed by atoms with Crippen LogP contribution in [0.15, 0.2) is 180 Å². The Bertz CT molecular complexity index is 2660. The standard InChI is InChI=1S/C55H50.CH4/c1-5-18-43-36(4)53(41-33-32-39(35-41)44(43)19-6-2)42(7-3)47-25-10-11-26-48(47)55-51-29-14-12-27-49(51)54(50-28-13-15-30-52(50)55)40-23-16-22-38(34-40)46-31-17-21-37-20-8-9-24-45(37)46;/h5,7-18,20-31,34,39,41H,6,19,32-33,35H2,1-4H3;1H4/b18-5-,42-7-;. The first kappa shape index (κ1) is 37.2. The maximum atomic E-state index is 2.42. The van der Waals surface area contributed by atoms with Gasteiger partial charge in [0.15, 0.2) is 0 Å². The van der Waals surface area contributed by atoms with Crippen LogP contribution in [0.2, 0.25) is 0 Å². The van der Waals surface area contributed by atoms with Crippen molar-refractivity contribution in [3.63, 3.8) is 0 Å². The minimum Gasteiger partial charge on any atom is -0.0871 e. The molecular formula is C56H54. The van der Waals surface area contributed by atoms with Crippen molar-refractivity contribution in [2.75, 3.05) is 0 Å². The first-order valence-electron chi connectivity index (χ1n) is 20.5. The van der Waals surface area contributed by atoms with Gasteiger partial charge in [-0.15, -0.1) is 0 Å². The van der Waals surface area contributed by atoms with E-state index in [0.717, 1.165) is 0 Å². The zero-order chi connectivity index (χ0) is 37.5. The van der Waals surface area contributed by atoms with Crippen LogP contribution in [0, 0.1) is 11.8 Å². The molecule has 2 aliphatic rings. The molecule has 2 atom stereocenters. The molecule has 0 N–H and O–H groups in total. The Kier molecular flexibility index (Phi) is 10.5. The van der Waals surface area contributed by atoms with Crippen molar-refractivity contribution in [1.82, 2.24) is 0 Å². The molecule has 7 aromatic carbocycles. The second kappa shape index (κ2) is 15.8. The topological polar surface area (TPSA) is 0 Å². The van der Waals surface area contributed by atoms with Crippen LogP contribution >= 0.6 is 0 Å². The fraction of sp³-hybridized carbons (Fsp3) is 0.214. The first-order chi connectivity index (χ1) is 27.1. The lowest BCUT2D eigenvalue weighted by molar-refractivity contribution is 0.582. The van der Waals surface area contributed by atoms with Crippen LogP contribution in [-0.4, -0.2) is 0 Å². The van der Waals surface area contributed by atoms with Crippen LogP contribution in [0.4, 0.5) is 0 Å². The molecule has 2 bridgehead atoms. The van der Waals surface area contributed by atoms with E-state index in [4.69, 9.17) is 0 Å². The van der Waals surface area contributed by atoms with E-state index in [1.165, 1.54) is 120 Å². The Morgan fingerprint density at radius 3 is 1.88 bits per heavy atom. The molecule has 0 aliphatic heterocycles. The fourth-order valence-electron chi connectivity index (χ4n) is 10.3. The lowest BCUT2D eigenvalue weighted by Crippen LogP contribution is -2.07. The molecule has 7 aromatic rings. The van der Waals surface area contributed by atoms with E-state index in [2.05, 4.69) is 185 Å². The van der Waals surface area contributed by atoms with E-state index >= 15 is 0 Å². The summed E-state index contributed by atoms with van der Waals surface area (Å²) in [6.45, 7) is 9.20. The Hall–Kier alpha value is -5.72. The molecule has 56 heavy (non-hydrogen) atoms. The molecule has 2 aliphatic carbocycles. The lowest BCUT2D eigenvalue weighted by Gasteiger charge is -2.25. The Morgan fingerprint density at radius 1 is 0.607 bits per heavy atom. The van der Waals surface area contributed by atoms with Crippen molar-refractivity contribution in [1.29, 1.82) is 0 Å². The van der Waals surface area contributed by atoms with Crippen LogP contribution in [0.5, 0.6) is 0 Å². The third kappa shape index (κ3) is 6.26. The number of allylic oxidation sites excluding steroid dienone is 8. The number of hydrogen-bond donors (Lipinski definition) is 0. The molecule has 2 unspecified atom stereocenters. The number of hydrogen-bond acceptors (Lipinski definition) is 0. The van der Waals surface area contributed by atoms with Crippen LogP contribution in [0.3, 0.4) is 0 Å². The molecular weight excluding hydrogens is 673 g/mol. The van der Waals surface area contributed by atoms with Gasteiger partial charge >= 0.3 is 0 Å². The molecule has 0 amide bonds. The van der Waals surface area contributed by atoms with E-state index in [1.807, 2.05) is 0 Å². The third-order valence-corrected chi connectivity index (χ3v) is 12.6. The van der Waals surface area contributed by atoms with E-state index in [0.29, 0.717) is 11.8 Å². The zero-order valence-corrected chi connectivity index (χ0v) is 32.7. The lowest BCUT2D eigenvalue weighted by atomic mass is 9.78. The van der Waals surface area contributed by atoms with E-state index in [-0.39, 0.29) is 7.43 Å². The maximum Gasteiger partial charge on any atom is -0.00201 e. The predicted octanol–water partition coefficient (Wildman–Crippen LogP) is 16.6. The van der Waals surface area contributed by atoms with Gasteiger partial charge in [0.1, 0.15) is 0 Å². The predicted molar refractivity (Wildman–Crippen MR) is 246 cm³/mol. The molecule has 0 nitrogen and oxygen atoms in total. The summed E-state index contributed by atoms with van der Waals surface area (Å²) in [7, 11) is 0. The number of fused-ring (bicyclic) bond motifs is 5. The van der Waals surface area contributed by atoms with Crippen LogP contribution in [0.1, 0.15) is 72.8 Å². The number of rotatable bonds is 8. The Balaban J connectivity index is 0.00000441. The summed E-state index contributed by atoms with van der Waals surface area (Å²) < 4.78 is 0. The summed E-state index contributed by atoms with van der Waals surface area (Å²) in [5, 5.41) is 7.71. The minimum absolute atomic E-state index is 0. The van der Waals surface area contributed by atoms with Crippen molar-refractivity contribution in [2.45, 2.75) is 67.2 Å². The molecule has 1 saturated carbocycles.